The van der Waals surface area contributed by atoms with Crippen LogP contribution in [0.5, 0.6) is 0 Å². The Balaban J connectivity index is 2.46. The van der Waals surface area contributed by atoms with Crippen molar-refractivity contribution in [3.63, 3.8) is 0 Å². The third-order valence-electron chi connectivity index (χ3n) is 2.63. The third kappa shape index (κ3) is 5.49. The van der Waals surface area contributed by atoms with Crippen LogP contribution < -0.4 is 16.4 Å². The molecule has 0 unspecified atom stereocenters. The average molecular weight is 295 g/mol. The van der Waals surface area contributed by atoms with Gasteiger partial charge in [-0.1, -0.05) is 0 Å². The van der Waals surface area contributed by atoms with Gasteiger partial charge < -0.3 is 26.6 Å². The maximum atomic E-state index is 11.7. The minimum absolute atomic E-state index is 0.104. The van der Waals surface area contributed by atoms with Crippen molar-refractivity contribution in [3.05, 3.63) is 29.8 Å². The third-order valence-corrected chi connectivity index (χ3v) is 2.63. The SMILES string of the molecule is Nc1ccc(C(=O)NCC(=O)N[C@H](CCO)C(=O)O)cc1. The summed E-state index contributed by atoms with van der Waals surface area (Å²) in [4.78, 5) is 34.0. The number of hydrogen-bond acceptors (Lipinski definition) is 5. The van der Waals surface area contributed by atoms with Crippen molar-refractivity contribution in [2.75, 3.05) is 18.9 Å². The second-order valence-electron chi connectivity index (χ2n) is 4.28. The number of carboxylic acids is 1. The van der Waals surface area contributed by atoms with Crippen LogP contribution in [0.15, 0.2) is 24.3 Å². The van der Waals surface area contributed by atoms with Gasteiger partial charge in [0.1, 0.15) is 6.04 Å². The molecule has 0 aliphatic heterocycles. The Labute approximate surface area is 120 Å². The Hall–Kier alpha value is -2.61. The molecule has 1 aromatic carbocycles. The molecule has 0 bridgehead atoms. The van der Waals surface area contributed by atoms with E-state index in [9.17, 15) is 14.4 Å². The lowest BCUT2D eigenvalue weighted by Gasteiger charge is -2.13. The Morgan fingerprint density at radius 3 is 2.33 bits per heavy atom. The van der Waals surface area contributed by atoms with Crippen LogP contribution in [0.2, 0.25) is 0 Å². The molecule has 0 aliphatic carbocycles. The first-order chi connectivity index (χ1) is 9.93. The molecule has 1 atom stereocenters. The molecule has 6 N–H and O–H groups in total. The Morgan fingerprint density at radius 1 is 1.19 bits per heavy atom. The predicted octanol–water partition coefficient (Wildman–Crippen LogP) is -1.05. The number of carbonyl (C=O) groups excluding carboxylic acids is 2. The number of nitrogen functional groups attached to an aromatic ring is 1. The summed E-state index contributed by atoms with van der Waals surface area (Å²) in [5.41, 5.74) is 6.34. The number of benzene rings is 1. The molecule has 0 aromatic heterocycles. The zero-order valence-corrected chi connectivity index (χ0v) is 11.2. The Kier molecular flexibility index (Phi) is 6.15. The van der Waals surface area contributed by atoms with Gasteiger partial charge in [0.25, 0.3) is 5.91 Å². The highest BCUT2D eigenvalue weighted by molar-refractivity contribution is 5.97. The topological polar surface area (TPSA) is 142 Å². The molecule has 8 nitrogen and oxygen atoms in total. The zero-order valence-electron chi connectivity index (χ0n) is 11.2. The number of aliphatic hydroxyl groups excluding tert-OH is 1. The maximum absolute atomic E-state index is 11.7. The first kappa shape index (κ1) is 16.4. The molecule has 21 heavy (non-hydrogen) atoms. The van der Waals surface area contributed by atoms with E-state index in [4.69, 9.17) is 15.9 Å². The van der Waals surface area contributed by atoms with Gasteiger partial charge in [-0.2, -0.15) is 0 Å². The van der Waals surface area contributed by atoms with E-state index in [1.54, 1.807) is 12.1 Å². The van der Waals surface area contributed by atoms with Crippen LogP contribution in [0, 0.1) is 0 Å². The van der Waals surface area contributed by atoms with Crippen molar-refractivity contribution in [1.29, 1.82) is 0 Å². The highest BCUT2D eigenvalue weighted by Crippen LogP contribution is 2.04. The van der Waals surface area contributed by atoms with Gasteiger partial charge in [-0.05, 0) is 24.3 Å². The van der Waals surface area contributed by atoms with Crippen LogP contribution in [0.25, 0.3) is 0 Å². The fourth-order valence-electron chi connectivity index (χ4n) is 1.53. The van der Waals surface area contributed by atoms with Crippen LogP contribution in [-0.4, -0.2) is 47.2 Å². The highest BCUT2D eigenvalue weighted by atomic mass is 16.4. The summed E-state index contributed by atoms with van der Waals surface area (Å²) in [5, 5.41) is 22.1. The minimum Gasteiger partial charge on any atom is -0.480 e. The largest absolute Gasteiger partial charge is 0.480 e. The lowest BCUT2D eigenvalue weighted by Crippen LogP contribution is -2.45. The van der Waals surface area contributed by atoms with Gasteiger partial charge in [-0.25, -0.2) is 4.79 Å². The number of anilines is 1. The lowest BCUT2D eigenvalue weighted by atomic mass is 10.2. The molecule has 2 amide bonds. The normalized spacial score (nSPS) is 11.5. The summed E-state index contributed by atoms with van der Waals surface area (Å²) < 4.78 is 0. The number of carboxylic acid groups (broad SMARTS) is 1. The molecule has 0 fully saturated rings. The van der Waals surface area contributed by atoms with Crippen LogP contribution in [0.1, 0.15) is 16.8 Å². The number of hydrogen-bond donors (Lipinski definition) is 5. The van der Waals surface area contributed by atoms with E-state index in [2.05, 4.69) is 10.6 Å². The van der Waals surface area contributed by atoms with Crippen molar-refractivity contribution < 1.29 is 24.6 Å². The minimum atomic E-state index is -1.25. The fraction of sp³-hybridized carbons (Fsp3) is 0.308. The number of aliphatic carboxylic acids is 1. The second-order valence-corrected chi connectivity index (χ2v) is 4.28. The molecule has 1 aromatic rings. The summed E-state index contributed by atoms with van der Waals surface area (Å²) in [5.74, 6) is -2.37. The Bertz CT molecular complexity index is 515. The van der Waals surface area contributed by atoms with E-state index in [-0.39, 0.29) is 19.6 Å². The Morgan fingerprint density at radius 2 is 1.81 bits per heavy atom. The van der Waals surface area contributed by atoms with E-state index >= 15 is 0 Å². The number of nitrogens with two attached hydrogens (primary N) is 1. The fourth-order valence-corrected chi connectivity index (χ4v) is 1.53. The first-order valence-electron chi connectivity index (χ1n) is 6.20. The van der Waals surface area contributed by atoms with Crippen molar-refractivity contribution in [2.45, 2.75) is 12.5 Å². The van der Waals surface area contributed by atoms with E-state index in [0.717, 1.165) is 0 Å². The average Bonchev–Trinajstić information content (AvgIpc) is 2.45. The number of carbonyl (C=O) groups is 3. The predicted molar refractivity (Wildman–Crippen MR) is 74.5 cm³/mol. The molecule has 8 heteroatoms. The van der Waals surface area contributed by atoms with Crippen LogP contribution in [0.4, 0.5) is 5.69 Å². The smallest absolute Gasteiger partial charge is 0.326 e. The van der Waals surface area contributed by atoms with E-state index in [1.807, 2.05) is 0 Å². The van der Waals surface area contributed by atoms with Gasteiger partial charge in [0, 0.05) is 24.3 Å². The van der Waals surface area contributed by atoms with Gasteiger partial charge in [-0.15, -0.1) is 0 Å². The number of aliphatic hydroxyl groups is 1. The number of amides is 2. The van der Waals surface area contributed by atoms with Crippen molar-refractivity contribution in [1.82, 2.24) is 10.6 Å². The summed E-state index contributed by atoms with van der Waals surface area (Å²) in [6.07, 6.45) is -0.104. The molecule has 114 valence electrons. The second kappa shape index (κ2) is 7.85. The standard InChI is InChI=1S/C13H17N3O5/c14-9-3-1-8(2-4-9)12(19)15-7-11(18)16-10(5-6-17)13(20)21/h1-4,10,17H,5-7,14H2,(H,15,19)(H,16,18)(H,20,21)/t10-/m1/s1. The van der Waals surface area contributed by atoms with E-state index in [1.165, 1.54) is 12.1 Å². The molecular weight excluding hydrogens is 278 g/mol. The highest BCUT2D eigenvalue weighted by Gasteiger charge is 2.19. The van der Waals surface area contributed by atoms with Crippen molar-refractivity contribution >= 4 is 23.5 Å². The molecule has 1 rings (SSSR count). The molecule has 0 saturated heterocycles. The lowest BCUT2D eigenvalue weighted by molar-refractivity contribution is -0.142. The molecule has 0 saturated carbocycles. The summed E-state index contributed by atoms with van der Waals surface area (Å²) in [7, 11) is 0. The van der Waals surface area contributed by atoms with Gasteiger partial charge in [0.15, 0.2) is 0 Å². The molecule has 0 heterocycles. The van der Waals surface area contributed by atoms with E-state index in [0.29, 0.717) is 11.3 Å². The van der Waals surface area contributed by atoms with E-state index < -0.39 is 23.8 Å². The van der Waals surface area contributed by atoms with Crippen molar-refractivity contribution in [2.24, 2.45) is 0 Å². The molecule has 0 aliphatic rings. The number of nitrogens with one attached hydrogen (secondary N) is 2. The first-order valence-corrected chi connectivity index (χ1v) is 6.20. The van der Waals surface area contributed by atoms with Crippen molar-refractivity contribution in [3.8, 4) is 0 Å². The monoisotopic (exact) mass is 295 g/mol. The number of rotatable bonds is 7. The quantitative estimate of drug-likeness (QED) is 0.406. The molecule has 0 radical (unpaired) electrons. The van der Waals surface area contributed by atoms with Crippen LogP contribution in [0.3, 0.4) is 0 Å². The zero-order chi connectivity index (χ0) is 15.8. The van der Waals surface area contributed by atoms with Gasteiger partial charge >= 0.3 is 5.97 Å². The van der Waals surface area contributed by atoms with Gasteiger partial charge in [0.2, 0.25) is 5.91 Å². The summed E-state index contributed by atoms with van der Waals surface area (Å²) in [6.45, 7) is -0.729. The van der Waals surface area contributed by atoms with Crippen LogP contribution in [-0.2, 0) is 9.59 Å². The van der Waals surface area contributed by atoms with Gasteiger partial charge in [-0.3, -0.25) is 9.59 Å². The van der Waals surface area contributed by atoms with Crippen LogP contribution >= 0.6 is 0 Å². The summed E-state index contributed by atoms with van der Waals surface area (Å²) in [6, 6.07) is 4.94. The summed E-state index contributed by atoms with van der Waals surface area (Å²) >= 11 is 0. The maximum Gasteiger partial charge on any atom is 0.326 e. The van der Waals surface area contributed by atoms with Gasteiger partial charge in [0.05, 0.1) is 6.54 Å². The molecular formula is C13H17N3O5. The molecule has 0 spiro atoms.